The van der Waals surface area contributed by atoms with E-state index in [1.807, 2.05) is 0 Å². The molecule has 1 heterocycles. The Balaban J connectivity index is 1.24. The van der Waals surface area contributed by atoms with E-state index in [2.05, 4.69) is 46.6 Å². The molecule has 2 aliphatic rings. The van der Waals surface area contributed by atoms with Gasteiger partial charge in [0, 0.05) is 11.8 Å². The zero-order chi connectivity index (χ0) is 20.3. The zero-order valence-corrected chi connectivity index (χ0v) is 16.6. The Kier molecular flexibility index (Phi) is 5.49. The summed E-state index contributed by atoms with van der Waals surface area (Å²) in [6, 6.07) is 15.5. The number of allylic oxidation sites excluding steroid dienone is 1. The number of nitrogens with zero attached hydrogens (tertiary/aromatic N) is 1. The van der Waals surface area contributed by atoms with Gasteiger partial charge in [0.15, 0.2) is 0 Å². The number of nitrogens with one attached hydrogen (secondary N) is 1. The summed E-state index contributed by atoms with van der Waals surface area (Å²) >= 11 is 0. The van der Waals surface area contributed by atoms with Crippen LogP contribution in [0.15, 0.2) is 54.6 Å². The van der Waals surface area contributed by atoms with Crippen LogP contribution in [0.4, 0.5) is 5.69 Å². The van der Waals surface area contributed by atoms with Crippen LogP contribution in [0.3, 0.4) is 0 Å². The standard InChI is InChI=1S/C24H27N3O2/c25-23(29)19-7-2-4-9-21(19)26-22(28)10-5-15-27-16-13-24(14-17-27)12-11-18-6-1-3-8-20(18)24/h1-4,6-9,11-12H,5,10,13-17H2,(H2,25,29)(H,26,28). The summed E-state index contributed by atoms with van der Waals surface area (Å²) < 4.78 is 0. The van der Waals surface area contributed by atoms with Crippen molar-refractivity contribution in [1.29, 1.82) is 0 Å². The Bertz CT molecular complexity index is 943. The normalized spacial score (nSPS) is 17.2. The van der Waals surface area contributed by atoms with E-state index in [0.717, 1.165) is 38.9 Å². The van der Waals surface area contributed by atoms with Crippen molar-refractivity contribution in [3.05, 3.63) is 71.3 Å². The number of para-hydroxylation sites is 1. The first-order valence-electron chi connectivity index (χ1n) is 10.3. The first kappa shape index (κ1) is 19.4. The quantitative estimate of drug-likeness (QED) is 0.793. The fourth-order valence-electron chi connectivity index (χ4n) is 4.53. The van der Waals surface area contributed by atoms with Crippen molar-refractivity contribution in [3.8, 4) is 0 Å². The molecule has 0 radical (unpaired) electrons. The van der Waals surface area contributed by atoms with E-state index in [1.165, 1.54) is 11.1 Å². The van der Waals surface area contributed by atoms with E-state index in [1.54, 1.807) is 24.3 Å². The number of rotatable bonds is 6. The number of hydrogen-bond donors (Lipinski definition) is 2. The maximum absolute atomic E-state index is 12.3. The van der Waals surface area contributed by atoms with Gasteiger partial charge in [-0.2, -0.15) is 0 Å². The minimum absolute atomic E-state index is 0.0835. The molecule has 4 rings (SSSR count). The molecule has 0 atom stereocenters. The predicted molar refractivity (Wildman–Crippen MR) is 116 cm³/mol. The Morgan fingerprint density at radius 1 is 1.03 bits per heavy atom. The number of primary amides is 1. The molecule has 2 amide bonds. The fourth-order valence-corrected chi connectivity index (χ4v) is 4.53. The van der Waals surface area contributed by atoms with E-state index in [4.69, 9.17) is 5.73 Å². The van der Waals surface area contributed by atoms with Crippen LogP contribution >= 0.6 is 0 Å². The van der Waals surface area contributed by atoms with Crippen molar-refractivity contribution in [2.45, 2.75) is 31.1 Å². The Labute approximate surface area is 171 Å². The molecular weight excluding hydrogens is 362 g/mol. The SMILES string of the molecule is NC(=O)c1ccccc1NC(=O)CCCN1CCC2(C=Cc3ccccc32)CC1. The lowest BCUT2D eigenvalue weighted by Gasteiger charge is -2.39. The van der Waals surface area contributed by atoms with Crippen LogP contribution in [0, 0.1) is 0 Å². The molecule has 0 bridgehead atoms. The molecule has 5 heteroatoms. The van der Waals surface area contributed by atoms with Crippen molar-refractivity contribution < 1.29 is 9.59 Å². The molecule has 1 aliphatic heterocycles. The highest BCUT2D eigenvalue weighted by Gasteiger charge is 2.37. The first-order chi connectivity index (χ1) is 14.1. The lowest BCUT2D eigenvalue weighted by molar-refractivity contribution is -0.116. The number of nitrogens with two attached hydrogens (primary N) is 1. The van der Waals surface area contributed by atoms with Crippen LogP contribution in [0.1, 0.15) is 47.2 Å². The zero-order valence-electron chi connectivity index (χ0n) is 16.6. The molecule has 150 valence electrons. The number of carbonyl (C=O) groups excluding carboxylic acids is 2. The largest absolute Gasteiger partial charge is 0.366 e. The molecule has 1 aliphatic carbocycles. The third-order valence-electron chi connectivity index (χ3n) is 6.17. The van der Waals surface area contributed by atoms with E-state index in [-0.39, 0.29) is 11.3 Å². The fraction of sp³-hybridized carbons (Fsp3) is 0.333. The molecule has 2 aromatic rings. The molecule has 5 nitrogen and oxygen atoms in total. The van der Waals surface area contributed by atoms with Crippen LogP contribution in [-0.4, -0.2) is 36.3 Å². The monoisotopic (exact) mass is 389 g/mol. The highest BCUT2D eigenvalue weighted by atomic mass is 16.2. The van der Waals surface area contributed by atoms with Crippen LogP contribution in [-0.2, 0) is 10.2 Å². The second-order valence-electron chi connectivity index (χ2n) is 7.98. The number of anilines is 1. The molecule has 1 spiro atoms. The summed E-state index contributed by atoms with van der Waals surface area (Å²) in [6.45, 7) is 3.00. The predicted octanol–water partition coefficient (Wildman–Crippen LogP) is 3.56. The van der Waals surface area contributed by atoms with Gasteiger partial charge in [0.2, 0.25) is 5.91 Å². The van der Waals surface area contributed by atoms with Crippen molar-refractivity contribution in [2.75, 3.05) is 25.0 Å². The molecule has 0 unspecified atom stereocenters. The van der Waals surface area contributed by atoms with Gasteiger partial charge in [-0.15, -0.1) is 0 Å². The number of fused-ring (bicyclic) bond motifs is 2. The maximum Gasteiger partial charge on any atom is 0.250 e. The van der Waals surface area contributed by atoms with Gasteiger partial charge in [0.05, 0.1) is 11.3 Å². The van der Waals surface area contributed by atoms with Gasteiger partial charge in [-0.05, 0) is 62.2 Å². The Hall–Kier alpha value is -2.92. The van der Waals surface area contributed by atoms with Crippen molar-refractivity contribution in [1.82, 2.24) is 4.90 Å². The lowest BCUT2D eigenvalue weighted by Crippen LogP contribution is -2.41. The smallest absolute Gasteiger partial charge is 0.250 e. The molecule has 0 aromatic heterocycles. The second-order valence-corrected chi connectivity index (χ2v) is 7.98. The van der Waals surface area contributed by atoms with E-state index >= 15 is 0 Å². The van der Waals surface area contributed by atoms with Gasteiger partial charge in [-0.3, -0.25) is 9.59 Å². The molecule has 2 aromatic carbocycles. The lowest BCUT2D eigenvalue weighted by atomic mass is 9.74. The van der Waals surface area contributed by atoms with E-state index in [0.29, 0.717) is 17.7 Å². The summed E-state index contributed by atoms with van der Waals surface area (Å²) in [6.07, 6.45) is 8.12. The number of piperidine rings is 1. The van der Waals surface area contributed by atoms with Crippen LogP contribution < -0.4 is 11.1 Å². The number of benzene rings is 2. The molecule has 0 saturated carbocycles. The van der Waals surface area contributed by atoms with Gasteiger partial charge in [0.1, 0.15) is 0 Å². The summed E-state index contributed by atoms with van der Waals surface area (Å²) in [5.74, 6) is -0.620. The van der Waals surface area contributed by atoms with Crippen LogP contribution in [0.5, 0.6) is 0 Å². The third kappa shape index (κ3) is 4.10. The average Bonchev–Trinajstić information content (AvgIpc) is 3.08. The van der Waals surface area contributed by atoms with Crippen LogP contribution in [0.25, 0.3) is 6.08 Å². The Morgan fingerprint density at radius 2 is 1.76 bits per heavy atom. The first-order valence-corrected chi connectivity index (χ1v) is 10.3. The Morgan fingerprint density at radius 3 is 2.55 bits per heavy atom. The minimum atomic E-state index is -0.536. The molecule has 29 heavy (non-hydrogen) atoms. The van der Waals surface area contributed by atoms with Crippen molar-refractivity contribution >= 4 is 23.6 Å². The van der Waals surface area contributed by atoms with Crippen molar-refractivity contribution in [3.63, 3.8) is 0 Å². The summed E-state index contributed by atoms with van der Waals surface area (Å²) in [5.41, 5.74) is 9.21. The van der Waals surface area contributed by atoms with Gasteiger partial charge < -0.3 is 16.0 Å². The topological polar surface area (TPSA) is 75.4 Å². The van der Waals surface area contributed by atoms with Gasteiger partial charge in [0.25, 0.3) is 5.91 Å². The molecular formula is C24H27N3O2. The third-order valence-corrected chi connectivity index (χ3v) is 6.17. The molecule has 1 saturated heterocycles. The van der Waals surface area contributed by atoms with E-state index in [9.17, 15) is 9.59 Å². The maximum atomic E-state index is 12.3. The van der Waals surface area contributed by atoms with Crippen LogP contribution in [0.2, 0.25) is 0 Å². The molecule has 1 fully saturated rings. The number of carbonyl (C=O) groups is 2. The second kappa shape index (κ2) is 8.21. The number of likely N-dealkylation sites (tertiary alicyclic amines) is 1. The number of hydrogen-bond acceptors (Lipinski definition) is 3. The van der Waals surface area contributed by atoms with Crippen molar-refractivity contribution in [2.24, 2.45) is 5.73 Å². The minimum Gasteiger partial charge on any atom is -0.366 e. The summed E-state index contributed by atoms with van der Waals surface area (Å²) in [7, 11) is 0. The van der Waals surface area contributed by atoms with Gasteiger partial charge >= 0.3 is 0 Å². The van der Waals surface area contributed by atoms with Gasteiger partial charge in [-0.25, -0.2) is 0 Å². The van der Waals surface area contributed by atoms with E-state index < -0.39 is 5.91 Å². The summed E-state index contributed by atoms with van der Waals surface area (Å²) in [4.78, 5) is 26.2. The highest BCUT2D eigenvalue weighted by molar-refractivity contribution is 6.02. The summed E-state index contributed by atoms with van der Waals surface area (Å²) in [5, 5.41) is 2.81. The van der Waals surface area contributed by atoms with Gasteiger partial charge in [-0.1, -0.05) is 48.6 Å². The molecule has 3 N–H and O–H groups in total. The average molecular weight is 389 g/mol. The number of amides is 2. The highest BCUT2D eigenvalue weighted by Crippen LogP contribution is 2.43.